The molecule has 0 aliphatic carbocycles. The Morgan fingerprint density at radius 1 is 1.31 bits per heavy atom. The number of rotatable bonds is 4. The molecule has 1 heterocycles. The van der Waals surface area contributed by atoms with E-state index in [9.17, 15) is 4.79 Å². The summed E-state index contributed by atoms with van der Waals surface area (Å²) in [5.41, 5.74) is 1.04. The van der Waals surface area contributed by atoms with Crippen LogP contribution in [0.4, 0.5) is 4.79 Å². The maximum Gasteiger partial charge on any atom is 0.315 e. The number of pyridine rings is 1. The number of nitrogens with one attached hydrogen (secondary N) is 2. The van der Waals surface area contributed by atoms with E-state index in [0.29, 0.717) is 12.5 Å². The summed E-state index contributed by atoms with van der Waals surface area (Å²) in [6, 6.07) is 3.81. The molecule has 0 bridgehead atoms. The molecule has 0 unspecified atom stereocenters. The van der Waals surface area contributed by atoms with Gasteiger partial charge >= 0.3 is 6.03 Å². The molecular formula is C12H19N3O. The number of carbonyl (C=O) groups is 1. The van der Waals surface area contributed by atoms with Gasteiger partial charge in [0, 0.05) is 25.0 Å². The highest BCUT2D eigenvalue weighted by molar-refractivity contribution is 5.74. The van der Waals surface area contributed by atoms with Crippen LogP contribution in [0.25, 0.3) is 0 Å². The standard InChI is InChI=1S/C12H19N3O/c1-9(2)10(3)15-12(16)14-8-11-4-6-13-7-5-11/h4-7,9-10H,8H2,1-3H3,(H2,14,15,16)/t10-/m1/s1. The maximum absolute atomic E-state index is 11.5. The van der Waals surface area contributed by atoms with Gasteiger partial charge in [0.2, 0.25) is 0 Å². The van der Waals surface area contributed by atoms with Crippen LogP contribution < -0.4 is 10.6 Å². The number of carbonyl (C=O) groups excluding carboxylic acids is 1. The minimum absolute atomic E-state index is 0.127. The third kappa shape index (κ3) is 4.29. The minimum atomic E-state index is -0.127. The smallest absolute Gasteiger partial charge is 0.315 e. The van der Waals surface area contributed by atoms with Gasteiger partial charge in [0.25, 0.3) is 0 Å². The molecule has 0 fully saturated rings. The Labute approximate surface area is 96.5 Å². The van der Waals surface area contributed by atoms with E-state index in [-0.39, 0.29) is 12.1 Å². The molecule has 0 aliphatic heterocycles. The summed E-state index contributed by atoms with van der Waals surface area (Å²) < 4.78 is 0. The molecule has 16 heavy (non-hydrogen) atoms. The van der Waals surface area contributed by atoms with Crippen molar-refractivity contribution in [3.63, 3.8) is 0 Å². The highest BCUT2D eigenvalue weighted by Gasteiger charge is 2.09. The molecule has 0 aliphatic rings. The number of hydrogen-bond acceptors (Lipinski definition) is 2. The summed E-state index contributed by atoms with van der Waals surface area (Å²) in [6.07, 6.45) is 3.43. The molecule has 0 aromatic carbocycles. The summed E-state index contributed by atoms with van der Waals surface area (Å²) >= 11 is 0. The Bertz CT molecular complexity index is 324. The average molecular weight is 221 g/mol. The second-order valence-electron chi connectivity index (χ2n) is 4.22. The van der Waals surface area contributed by atoms with Crippen molar-refractivity contribution in [2.45, 2.75) is 33.4 Å². The highest BCUT2D eigenvalue weighted by Crippen LogP contribution is 1.99. The van der Waals surface area contributed by atoms with E-state index in [4.69, 9.17) is 0 Å². The van der Waals surface area contributed by atoms with Gasteiger partial charge in [-0.3, -0.25) is 4.98 Å². The van der Waals surface area contributed by atoms with Crippen molar-refractivity contribution in [1.82, 2.24) is 15.6 Å². The molecule has 4 nitrogen and oxygen atoms in total. The summed E-state index contributed by atoms with van der Waals surface area (Å²) in [7, 11) is 0. The zero-order valence-corrected chi connectivity index (χ0v) is 10.0. The van der Waals surface area contributed by atoms with Gasteiger partial charge in [-0.25, -0.2) is 4.79 Å². The van der Waals surface area contributed by atoms with E-state index in [1.54, 1.807) is 12.4 Å². The molecule has 0 spiro atoms. The average Bonchev–Trinajstić information content (AvgIpc) is 2.27. The summed E-state index contributed by atoms with van der Waals surface area (Å²) in [4.78, 5) is 15.4. The molecule has 0 saturated carbocycles. The van der Waals surface area contributed by atoms with Gasteiger partial charge in [-0.15, -0.1) is 0 Å². The van der Waals surface area contributed by atoms with Gasteiger partial charge in [-0.05, 0) is 30.5 Å². The Balaban J connectivity index is 2.31. The first-order chi connectivity index (χ1) is 7.59. The quantitative estimate of drug-likeness (QED) is 0.816. The Hall–Kier alpha value is -1.58. The molecule has 1 aromatic heterocycles. The fourth-order valence-electron chi connectivity index (χ4n) is 1.11. The largest absolute Gasteiger partial charge is 0.335 e. The molecule has 2 amide bonds. The number of urea groups is 1. The monoisotopic (exact) mass is 221 g/mol. The van der Waals surface area contributed by atoms with Crippen molar-refractivity contribution < 1.29 is 4.79 Å². The van der Waals surface area contributed by atoms with Crippen molar-refractivity contribution in [2.24, 2.45) is 5.92 Å². The summed E-state index contributed by atoms with van der Waals surface area (Å²) in [6.45, 7) is 6.68. The molecule has 0 saturated heterocycles. The Morgan fingerprint density at radius 3 is 2.50 bits per heavy atom. The van der Waals surface area contributed by atoms with Crippen LogP contribution in [0.2, 0.25) is 0 Å². The second-order valence-corrected chi connectivity index (χ2v) is 4.22. The SMILES string of the molecule is CC(C)[C@@H](C)NC(=O)NCc1ccncc1. The Kier molecular flexibility index (Phi) is 4.76. The first kappa shape index (κ1) is 12.5. The van der Waals surface area contributed by atoms with Crippen molar-refractivity contribution in [1.29, 1.82) is 0 Å². The molecule has 4 heteroatoms. The van der Waals surface area contributed by atoms with Crippen LogP contribution in [-0.4, -0.2) is 17.1 Å². The number of hydrogen-bond donors (Lipinski definition) is 2. The fourth-order valence-corrected chi connectivity index (χ4v) is 1.11. The first-order valence-electron chi connectivity index (χ1n) is 5.53. The van der Waals surface area contributed by atoms with Gasteiger partial charge in [-0.2, -0.15) is 0 Å². The predicted molar refractivity (Wildman–Crippen MR) is 63.9 cm³/mol. The molecule has 1 atom stereocenters. The van der Waals surface area contributed by atoms with Gasteiger partial charge < -0.3 is 10.6 Å². The first-order valence-corrected chi connectivity index (χ1v) is 5.53. The molecule has 88 valence electrons. The van der Waals surface area contributed by atoms with E-state index < -0.39 is 0 Å². The number of aromatic nitrogens is 1. The van der Waals surface area contributed by atoms with Crippen LogP contribution in [0.1, 0.15) is 26.3 Å². The van der Waals surface area contributed by atoms with Crippen LogP contribution in [0.5, 0.6) is 0 Å². The third-order valence-corrected chi connectivity index (χ3v) is 2.56. The van der Waals surface area contributed by atoms with Crippen LogP contribution in [0, 0.1) is 5.92 Å². The van der Waals surface area contributed by atoms with E-state index in [2.05, 4.69) is 29.5 Å². The lowest BCUT2D eigenvalue weighted by molar-refractivity contribution is 0.234. The van der Waals surface area contributed by atoms with Crippen molar-refractivity contribution in [3.05, 3.63) is 30.1 Å². The van der Waals surface area contributed by atoms with E-state index >= 15 is 0 Å². The predicted octanol–water partition coefficient (Wildman–Crippen LogP) is 1.93. The number of nitrogens with zero attached hydrogens (tertiary/aromatic N) is 1. The third-order valence-electron chi connectivity index (χ3n) is 2.56. The normalized spacial score (nSPS) is 12.2. The minimum Gasteiger partial charge on any atom is -0.335 e. The summed E-state index contributed by atoms with van der Waals surface area (Å²) in [5, 5.41) is 5.69. The highest BCUT2D eigenvalue weighted by atomic mass is 16.2. The van der Waals surface area contributed by atoms with Gasteiger partial charge in [-0.1, -0.05) is 13.8 Å². The van der Waals surface area contributed by atoms with Crippen LogP contribution in [0.3, 0.4) is 0 Å². The molecule has 1 aromatic rings. The van der Waals surface area contributed by atoms with Crippen molar-refractivity contribution in [2.75, 3.05) is 0 Å². The molecule has 2 N–H and O–H groups in total. The van der Waals surface area contributed by atoms with Gasteiger partial charge in [0.05, 0.1) is 0 Å². The second kappa shape index (κ2) is 6.10. The van der Waals surface area contributed by atoms with Crippen LogP contribution in [0.15, 0.2) is 24.5 Å². The lowest BCUT2D eigenvalue weighted by Crippen LogP contribution is -2.42. The zero-order chi connectivity index (χ0) is 12.0. The van der Waals surface area contributed by atoms with Gasteiger partial charge in [0.1, 0.15) is 0 Å². The van der Waals surface area contributed by atoms with E-state index in [1.807, 2.05) is 19.1 Å². The molecule has 1 rings (SSSR count). The van der Waals surface area contributed by atoms with Crippen LogP contribution in [-0.2, 0) is 6.54 Å². The number of amides is 2. The van der Waals surface area contributed by atoms with Crippen LogP contribution >= 0.6 is 0 Å². The molecule has 0 radical (unpaired) electrons. The summed E-state index contributed by atoms with van der Waals surface area (Å²) in [5.74, 6) is 0.437. The maximum atomic E-state index is 11.5. The van der Waals surface area contributed by atoms with Crippen molar-refractivity contribution in [3.8, 4) is 0 Å². The van der Waals surface area contributed by atoms with E-state index in [0.717, 1.165) is 5.56 Å². The van der Waals surface area contributed by atoms with Gasteiger partial charge in [0.15, 0.2) is 0 Å². The lowest BCUT2D eigenvalue weighted by atomic mass is 10.1. The van der Waals surface area contributed by atoms with Crippen molar-refractivity contribution >= 4 is 6.03 Å². The molecular weight excluding hydrogens is 202 g/mol. The zero-order valence-electron chi connectivity index (χ0n) is 10.0. The Morgan fingerprint density at radius 2 is 1.94 bits per heavy atom. The van der Waals surface area contributed by atoms with E-state index in [1.165, 1.54) is 0 Å². The topological polar surface area (TPSA) is 54.0 Å². The lowest BCUT2D eigenvalue weighted by Gasteiger charge is -2.17. The fraction of sp³-hybridized carbons (Fsp3) is 0.500.